The van der Waals surface area contributed by atoms with Gasteiger partial charge >= 0.3 is 0 Å². The first kappa shape index (κ1) is 27.0. The maximum Gasteiger partial charge on any atom is 0.287 e. The third-order valence-corrected chi connectivity index (χ3v) is 6.58. The number of nitrogens with zero attached hydrogens (tertiary/aromatic N) is 1. The van der Waals surface area contributed by atoms with Gasteiger partial charge in [-0.25, -0.2) is 0 Å². The molecule has 2 heterocycles. The van der Waals surface area contributed by atoms with Gasteiger partial charge in [-0.05, 0) is 56.0 Å². The van der Waals surface area contributed by atoms with Gasteiger partial charge in [-0.2, -0.15) is 0 Å². The molecule has 1 fully saturated rings. The molecule has 2 N–H and O–H groups in total. The number of anilines is 1. The molecule has 1 aliphatic heterocycles. The third-order valence-electron chi connectivity index (χ3n) is 6.58. The van der Waals surface area contributed by atoms with Gasteiger partial charge in [-0.3, -0.25) is 14.4 Å². The number of benzene rings is 2. The van der Waals surface area contributed by atoms with Crippen molar-refractivity contribution in [3.8, 4) is 5.75 Å². The van der Waals surface area contributed by atoms with E-state index in [0.717, 1.165) is 43.6 Å². The largest absolute Gasteiger partial charge is 0.494 e. The van der Waals surface area contributed by atoms with Gasteiger partial charge in [0.2, 0.25) is 5.91 Å². The van der Waals surface area contributed by atoms with E-state index in [1.165, 1.54) is 11.6 Å². The highest BCUT2D eigenvalue weighted by atomic mass is 16.5. The summed E-state index contributed by atoms with van der Waals surface area (Å²) in [7, 11) is 0. The molecule has 1 aliphatic rings. The van der Waals surface area contributed by atoms with Crippen LogP contribution in [0.1, 0.15) is 55.6 Å². The first-order valence-electron chi connectivity index (χ1n) is 13.2. The quantitative estimate of drug-likeness (QED) is 0.382. The van der Waals surface area contributed by atoms with Crippen molar-refractivity contribution in [3.05, 3.63) is 81.7 Å². The van der Waals surface area contributed by atoms with Crippen molar-refractivity contribution >= 4 is 28.5 Å². The Balaban J connectivity index is 1.31. The molecule has 2 aromatic carbocycles. The third kappa shape index (κ3) is 6.82. The van der Waals surface area contributed by atoms with E-state index >= 15 is 0 Å². The van der Waals surface area contributed by atoms with E-state index in [-0.39, 0.29) is 17.1 Å². The smallest absolute Gasteiger partial charge is 0.287 e. The van der Waals surface area contributed by atoms with Crippen molar-refractivity contribution in [2.75, 3.05) is 31.1 Å². The highest BCUT2D eigenvalue weighted by molar-refractivity contribution is 5.93. The molecule has 4 rings (SSSR count). The van der Waals surface area contributed by atoms with Crippen molar-refractivity contribution in [2.45, 2.75) is 46.1 Å². The van der Waals surface area contributed by atoms with Crippen LogP contribution in [0.25, 0.3) is 11.0 Å². The van der Waals surface area contributed by atoms with Crippen LogP contribution in [0.4, 0.5) is 5.69 Å². The fraction of sp³-hybridized carbons (Fsp3) is 0.367. The van der Waals surface area contributed by atoms with Crippen LogP contribution in [-0.4, -0.2) is 38.1 Å². The van der Waals surface area contributed by atoms with Gasteiger partial charge in [0.25, 0.3) is 5.91 Å². The molecule has 0 unspecified atom stereocenters. The van der Waals surface area contributed by atoms with Crippen molar-refractivity contribution in [3.63, 3.8) is 0 Å². The average molecular weight is 518 g/mol. The van der Waals surface area contributed by atoms with Gasteiger partial charge in [0.1, 0.15) is 11.3 Å². The number of fused-ring (bicyclic) bond motifs is 1. The fourth-order valence-corrected chi connectivity index (χ4v) is 4.60. The average Bonchev–Trinajstić information content (AvgIpc) is 2.93. The summed E-state index contributed by atoms with van der Waals surface area (Å²) in [6, 6.07) is 14.4. The predicted octanol–water partition coefficient (Wildman–Crippen LogP) is 4.56. The molecule has 0 bridgehead atoms. The molecular weight excluding hydrogens is 482 g/mol. The minimum Gasteiger partial charge on any atom is -0.494 e. The molecule has 0 spiro atoms. The number of carbonyl (C=O) groups is 2. The molecule has 0 atom stereocenters. The maximum atomic E-state index is 12.6. The Morgan fingerprint density at radius 2 is 1.84 bits per heavy atom. The highest BCUT2D eigenvalue weighted by Crippen LogP contribution is 2.26. The summed E-state index contributed by atoms with van der Waals surface area (Å²) in [6.07, 6.45) is 5.19. The van der Waals surface area contributed by atoms with E-state index in [1.54, 1.807) is 18.2 Å². The lowest BCUT2D eigenvalue weighted by molar-refractivity contribution is -0.121. The Labute approximate surface area is 222 Å². The zero-order valence-corrected chi connectivity index (χ0v) is 22.0. The summed E-state index contributed by atoms with van der Waals surface area (Å²) in [5.41, 5.74) is 3.61. The second-order valence-corrected chi connectivity index (χ2v) is 9.28. The Kier molecular flexibility index (Phi) is 9.19. The number of piperidine rings is 1. The first-order chi connectivity index (χ1) is 18.5. The minimum atomic E-state index is -0.425. The summed E-state index contributed by atoms with van der Waals surface area (Å²) >= 11 is 0. The standard InChI is InChI=1S/C30H35N3O5/c1-3-7-29(35)32-20-22-8-5-6-9-25(22)33-16-13-21(14-17-33)12-15-31-30(36)28-19-26(34)24-18-23(37-4-2)10-11-27(24)38-28/h5-6,8-12,18-19H,3-4,7,13-17,20H2,1-2H3,(H,31,36)(H,32,35). The molecular formula is C30H35N3O5. The minimum absolute atomic E-state index is 0.0116. The lowest BCUT2D eigenvalue weighted by Gasteiger charge is -2.32. The number of para-hydroxylation sites is 1. The Morgan fingerprint density at radius 1 is 1.05 bits per heavy atom. The van der Waals surface area contributed by atoms with Crippen molar-refractivity contribution in [2.24, 2.45) is 0 Å². The van der Waals surface area contributed by atoms with E-state index in [4.69, 9.17) is 9.15 Å². The molecule has 0 saturated carbocycles. The van der Waals surface area contributed by atoms with Crippen LogP contribution in [0.3, 0.4) is 0 Å². The topological polar surface area (TPSA) is 101 Å². The van der Waals surface area contributed by atoms with Crippen molar-refractivity contribution in [1.82, 2.24) is 10.6 Å². The van der Waals surface area contributed by atoms with E-state index in [2.05, 4.69) is 27.7 Å². The predicted molar refractivity (Wildman–Crippen MR) is 149 cm³/mol. The highest BCUT2D eigenvalue weighted by Gasteiger charge is 2.18. The number of hydrogen-bond donors (Lipinski definition) is 2. The van der Waals surface area contributed by atoms with E-state index in [0.29, 0.717) is 42.8 Å². The van der Waals surface area contributed by atoms with Gasteiger partial charge in [0, 0.05) is 44.4 Å². The SMILES string of the molecule is CCCC(=O)NCc1ccccc1N1CCC(=CCNC(=O)c2cc(=O)c3cc(OCC)ccc3o2)CC1. The van der Waals surface area contributed by atoms with Gasteiger partial charge in [-0.15, -0.1) is 0 Å². The first-order valence-corrected chi connectivity index (χ1v) is 13.2. The molecule has 2 amide bonds. The van der Waals surface area contributed by atoms with Crippen molar-refractivity contribution in [1.29, 1.82) is 0 Å². The Hall–Kier alpha value is -4.07. The maximum absolute atomic E-state index is 12.6. The number of nitrogens with one attached hydrogen (secondary N) is 2. The molecule has 200 valence electrons. The molecule has 8 nitrogen and oxygen atoms in total. The molecule has 1 aromatic heterocycles. The van der Waals surface area contributed by atoms with Crippen molar-refractivity contribution < 1.29 is 18.7 Å². The molecule has 1 saturated heterocycles. The summed E-state index contributed by atoms with van der Waals surface area (Å²) in [4.78, 5) is 39.4. The Bertz CT molecular complexity index is 1370. The van der Waals surface area contributed by atoms with Crippen LogP contribution in [0.5, 0.6) is 5.75 Å². The lowest BCUT2D eigenvalue weighted by atomic mass is 10.0. The number of amides is 2. The van der Waals surface area contributed by atoms with Gasteiger partial charge in [0.05, 0.1) is 12.0 Å². The van der Waals surface area contributed by atoms with E-state index in [1.807, 2.05) is 32.1 Å². The zero-order valence-electron chi connectivity index (χ0n) is 22.0. The van der Waals surface area contributed by atoms with Gasteiger partial charge < -0.3 is 24.7 Å². The van der Waals surface area contributed by atoms with Crippen LogP contribution in [0, 0.1) is 0 Å². The monoisotopic (exact) mass is 517 g/mol. The lowest BCUT2D eigenvalue weighted by Crippen LogP contribution is -2.32. The van der Waals surface area contributed by atoms with Crippen LogP contribution < -0.4 is 25.7 Å². The normalized spacial score (nSPS) is 13.3. The molecule has 0 radical (unpaired) electrons. The molecule has 8 heteroatoms. The summed E-state index contributed by atoms with van der Waals surface area (Å²) in [5.74, 6) is 0.227. The summed E-state index contributed by atoms with van der Waals surface area (Å²) in [6.45, 7) is 6.98. The number of hydrogen-bond acceptors (Lipinski definition) is 6. The molecule has 0 aliphatic carbocycles. The van der Waals surface area contributed by atoms with Crippen LogP contribution >= 0.6 is 0 Å². The molecule has 3 aromatic rings. The zero-order chi connectivity index (χ0) is 26.9. The summed E-state index contributed by atoms with van der Waals surface area (Å²) in [5, 5.41) is 6.22. The second-order valence-electron chi connectivity index (χ2n) is 9.28. The molecule has 38 heavy (non-hydrogen) atoms. The van der Waals surface area contributed by atoms with E-state index < -0.39 is 5.91 Å². The van der Waals surface area contributed by atoms with Crippen LogP contribution in [0.15, 0.2) is 69.4 Å². The van der Waals surface area contributed by atoms with Gasteiger partial charge in [0.15, 0.2) is 11.2 Å². The van der Waals surface area contributed by atoms with E-state index in [9.17, 15) is 14.4 Å². The van der Waals surface area contributed by atoms with Crippen LogP contribution in [0.2, 0.25) is 0 Å². The second kappa shape index (κ2) is 12.9. The fourth-order valence-electron chi connectivity index (χ4n) is 4.60. The number of rotatable bonds is 10. The number of carbonyl (C=O) groups excluding carboxylic acids is 2. The van der Waals surface area contributed by atoms with Crippen LogP contribution in [-0.2, 0) is 11.3 Å². The Morgan fingerprint density at radius 3 is 2.61 bits per heavy atom. The number of ether oxygens (including phenoxy) is 1. The van der Waals surface area contributed by atoms with Gasteiger partial charge in [-0.1, -0.05) is 36.8 Å². The summed E-state index contributed by atoms with van der Waals surface area (Å²) < 4.78 is 11.1.